The first-order chi connectivity index (χ1) is 13.7. The smallest absolute Gasteiger partial charge is 0.207 e. The molecular weight excluding hydrogens is 404 g/mol. The Balaban J connectivity index is 2.70. The van der Waals surface area contributed by atoms with Crippen molar-refractivity contribution < 1.29 is 16.8 Å². The van der Waals surface area contributed by atoms with Gasteiger partial charge >= 0.3 is 0 Å². The quantitative estimate of drug-likeness (QED) is 0.376. The molecule has 0 unspecified atom stereocenters. The zero-order chi connectivity index (χ0) is 21.5. The van der Waals surface area contributed by atoms with Crippen molar-refractivity contribution in [3.63, 3.8) is 0 Å². The SMILES string of the molecule is C=C=C(CCCCCC)C(C)(S(=O)(=O)c1ccccc1)S(=O)(=O)c1ccccc1. The van der Waals surface area contributed by atoms with Gasteiger partial charge in [0.25, 0.3) is 0 Å². The molecule has 0 N–H and O–H groups in total. The van der Waals surface area contributed by atoms with Crippen molar-refractivity contribution in [2.75, 3.05) is 0 Å². The van der Waals surface area contributed by atoms with E-state index >= 15 is 0 Å². The summed E-state index contributed by atoms with van der Waals surface area (Å²) in [6.07, 6.45) is 3.88. The van der Waals surface area contributed by atoms with Crippen LogP contribution in [0.4, 0.5) is 0 Å². The van der Waals surface area contributed by atoms with Gasteiger partial charge in [0.2, 0.25) is 23.8 Å². The lowest BCUT2D eigenvalue weighted by Crippen LogP contribution is -2.45. The Morgan fingerprint density at radius 1 is 0.828 bits per heavy atom. The van der Waals surface area contributed by atoms with Gasteiger partial charge in [0, 0.05) is 5.57 Å². The van der Waals surface area contributed by atoms with E-state index in [9.17, 15) is 16.8 Å². The fourth-order valence-electron chi connectivity index (χ4n) is 3.32. The first kappa shape index (κ1) is 23.1. The third kappa shape index (κ3) is 4.40. The monoisotopic (exact) mass is 432 g/mol. The number of sulfone groups is 2. The van der Waals surface area contributed by atoms with E-state index in [0.29, 0.717) is 12.8 Å². The molecule has 0 atom stereocenters. The van der Waals surface area contributed by atoms with Gasteiger partial charge in [-0.2, -0.15) is 0 Å². The Kier molecular flexibility index (Phi) is 7.64. The predicted molar refractivity (Wildman–Crippen MR) is 117 cm³/mol. The van der Waals surface area contributed by atoms with Crippen molar-refractivity contribution in [2.24, 2.45) is 0 Å². The summed E-state index contributed by atoms with van der Waals surface area (Å²) in [4.78, 5) is -0.0772. The standard InChI is InChI=1S/C23H28O4S2/c1-4-6-7-10-15-20(5-2)23(3,28(24,25)21-16-11-8-12-17-21)29(26,27)22-18-13-9-14-19-22/h8-9,11-14,16-19H,2,4,6-7,10,15H2,1,3H3. The van der Waals surface area contributed by atoms with E-state index < -0.39 is 23.8 Å². The second-order valence-corrected chi connectivity index (χ2v) is 11.9. The van der Waals surface area contributed by atoms with Gasteiger partial charge in [0.1, 0.15) is 0 Å². The molecule has 0 radical (unpaired) electrons. The average molecular weight is 433 g/mol. The molecule has 2 aromatic rings. The maximum atomic E-state index is 13.7. The zero-order valence-corrected chi connectivity index (χ0v) is 18.6. The average Bonchev–Trinajstić information content (AvgIpc) is 2.74. The van der Waals surface area contributed by atoms with Crippen molar-refractivity contribution in [3.05, 3.63) is 78.5 Å². The van der Waals surface area contributed by atoms with Gasteiger partial charge in [-0.1, -0.05) is 69.2 Å². The Hall–Kier alpha value is -2.14. The number of rotatable bonds is 10. The van der Waals surface area contributed by atoms with Gasteiger partial charge in [0.05, 0.1) is 9.79 Å². The van der Waals surface area contributed by atoms with Gasteiger partial charge in [0.15, 0.2) is 0 Å². The number of unbranched alkanes of at least 4 members (excludes halogenated alkanes) is 3. The maximum absolute atomic E-state index is 13.7. The lowest BCUT2D eigenvalue weighted by Gasteiger charge is -2.31. The summed E-state index contributed by atoms with van der Waals surface area (Å²) < 4.78 is 52.6. The van der Waals surface area contributed by atoms with Crippen LogP contribution in [0.15, 0.2) is 88.3 Å². The van der Waals surface area contributed by atoms with Gasteiger partial charge in [-0.15, -0.1) is 5.73 Å². The minimum absolute atomic E-state index is 0.0386. The molecule has 2 aromatic carbocycles. The number of hydrogen-bond donors (Lipinski definition) is 0. The van der Waals surface area contributed by atoms with Gasteiger partial charge in [-0.05, 0) is 44.0 Å². The van der Waals surface area contributed by atoms with Gasteiger partial charge in [-0.3, -0.25) is 0 Å². The third-order valence-electron chi connectivity index (χ3n) is 5.17. The molecule has 0 aliphatic heterocycles. The Labute approximate surface area is 174 Å². The highest BCUT2D eigenvalue weighted by Crippen LogP contribution is 2.42. The molecule has 0 aliphatic rings. The second kappa shape index (κ2) is 9.57. The molecule has 4 nitrogen and oxygen atoms in total. The topological polar surface area (TPSA) is 68.3 Å². The maximum Gasteiger partial charge on any atom is 0.207 e. The van der Waals surface area contributed by atoms with Crippen LogP contribution in [0.3, 0.4) is 0 Å². The summed E-state index contributed by atoms with van der Waals surface area (Å²) in [5, 5.41) is 0. The van der Waals surface area contributed by atoms with E-state index in [1.165, 1.54) is 31.2 Å². The second-order valence-electron chi connectivity index (χ2n) is 7.04. The molecular formula is C23H28O4S2. The minimum atomic E-state index is -4.29. The zero-order valence-electron chi connectivity index (χ0n) is 17.0. The number of hydrogen-bond acceptors (Lipinski definition) is 4. The van der Waals surface area contributed by atoms with Crippen molar-refractivity contribution in [2.45, 2.75) is 59.8 Å². The van der Waals surface area contributed by atoms with Crippen LogP contribution >= 0.6 is 0 Å². The summed E-state index contributed by atoms with van der Waals surface area (Å²) in [5.41, 5.74) is 2.86. The van der Waals surface area contributed by atoms with E-state index in [0.717, 1.165) is 19.3 Å². The third-order valence-corrected chi connectivity index (χ3v) is 10.8. The lowest BCUT2D eigenvalue weighted by molar-refractivity contribution is 0.553. The highest BCUT2D eigenvalue weighted by atomic mass is 32.3. The first-order valence-corrected chi connectivity index (χ1v) is 12.7. The van der Waals surface area contributed by atoms with Crippen LogP contribution in [0.2, 0.25) is 0 Å². The molecule has 6 heteroatoms. The largest absolute Gasteiger partial charge is 0.222 e. The highest BCUT2D eigenvalue weighted by Gasteiger charge is 2.54. The van der Waals surface area contributed by atoms with E-state index in [2.05, 4.69) is 19.2 Å². The molecule has 0 fully saturated rings. The van der Waals surface area contributed by atoms with E-state index in [1.54, 1.807) is 36.4 Å². The van der Waals surface area contributed by atoms with Crippen LogP contribution in [0.5, 0.6) is 0 Å². The lowest BCUT2D eigenvalue weighted by atomic mass is 10.0. The van der Waals surface area contributed by atoms with E-state index in [4.69, 9.17) is 0 Å². The van der Waals surface area contributed by atoms with Crippen LogP contribution in [-0.4, -0.2) is 20.9 Å². The molecule has 0 spiro atoms. The Morgan fingerprint density at radius 2 is 1.28 bits per heavy atom. The molecule has 0 bridgehead atoms. The van der Waals surface area contributed by atoms with Crippen molar-refractivity contribution in [1.82, 2.24) is 0 Å². The molecule has 0 saturated carbocycles. The van der Waals surface area contributed by atoms with E-state index in [1.807, 2.05) is 0 Å². The normalized spacial score (nSPS) is 12.3. The van der Waals surface area contributed by atoms with Gasteiger partial charge < -0.3 is 0 Å². The summed E-state index contributed by atoms with van der Waals surface area (Å²) in [6.45, 7) is 7.00. The Bertz CT molecular complexity index is 995. The minimum Gasteiger partial charge on any atom is -0.222 e. The molecule has 29 heavy (non-hydrogen) atoms. The van der Waals surface area contributed by atoms with Crippen molar-refractivity contribution in [3.8, 4) is 0 Å². The fraction of sp³-hybridized carbons (Fsp3) is 0.348. The van der Waals surface area contributed by atoms with Crippen LogP contribution in [0.25, 0.3) is 0 Å². The fourth-order valence-corrected chi connectivity index (χ4v) is 7.98. The molecule has 0 amide bonds. The predicted octanol–water partition coefficient (Wildman–Crippen LogP) is 5.33. The molecule has 156 valence electrons. The summed E-state index contributed by atoms with van der Waals surface area (Å²) >= 11 is 0. The molecule has 2 rings (SSSR count). The summed E-state index contributed by atoms with van der Waals surface area (Å²) in [5.74, 6) is 0. The summed E-state index contributed by atoms with van der Waals surface area (Å²) in [7, 11) is -8.58. The van der Waals surface area contributed by atoms with E-state index in [-0.39, 0.29) is 15.4 Å². The number of benzene rings is 2. The van der Waals surface area contributed by atoms with Crippen LogP contribution in [0, 0.1) is 0 Å². The molecule has 0 aromatic heterocycles. The van der Waals surface area contributed by atoms with Crippen LogP contribution in [0.1, 0.15) is 46.0 Å². The molecule has 0 heterocycles. The first-order valence-electron chi connectivity index (χ1n) is 9.72. The van der Waals surface area contributed by atoms with Crippen molar-refractivity contribution in [1.29, 1.82) is 0 Å². The highest BCUT2D eigenvalue weighted by molar-refractivity contribution is 8.10. The van der Waals surface area contributed by atoms with Crippen LogP contribution < -0.4 is 0 Å². The Morgan fingerprint density at radius 3 is 1.66 bits per heavy atom. The van der Waals surface area contributed by atoms with Gasteiger partial charge in [-0.25, -0.2) is 16.8 Å². The van der Waals surface area contributed by atoms with Crippen molar-refractivity contribution >= 4 is 19.7 Å². The molecule has 0 saturated heterocycles. The molecule has 0 aliphatic carbocycles. The summed E-state index contributed by atoms with van der Waals surface area (Å²) in [6, 6.07) is 15.4. The van der Waals surface area contributed by atoms with Crippen LogP contribution in [-0.2, 0) is 19.7 Å².